The van der Waals surface area contributed by atoms with E-state index in [1.807, 2.05) is 0 Å². The van der Waals surface area contributed by atoms with E-state index in [4.69, 9.17) is 0 Å². The monoisotopic (exact) mass is 277 g/mol. The molecule has 1 nitrogen and oxygen atoms in total. The fraction of sp³-hybridized carbons (Fsp3) is 0.647. The van der Waals surface area contributed by atoms with Crippen LogP contribution in [0.2, 0.25) is 18.1 Å². The summed E-state index contributed by atoms with van der Waals surface area (Å²) < 4.78 is 0. The molecule has 0 heterocycles. The fourth-order valence-electron chi connectivity index (χ4n) is 1.94. The van der Waals surface area contributed by atoms with Crippen LogP contribution in [0.4, 0.5) is 0 Å². The van der Waals surface area contributed by atoms with Gasteiger partial charge in [0.05, 0.1) is 0 Å². The molecule has 0 aromatic heterocycles. The molecule has 0 unspecified atom stereocenters. The summed E-state index contributed by atoms with van der Waals surface area (Å²) in [6, 6.07) is 10.8. The highest BCUT2D eigenvalue weighted by Gasteiger charge is 2.34. The normalized spacial score (nSPS) is 12.7. The maximum atomic E-state index is 3.84. The minimum absolute atomic E-state index is 0.442. The molecule has 1 aromatic carbocycles. The topological polar surface area (TPSA) is 12.0 Å². The van der Waals surface area contributed by atoms with Crippen molar-refractivity contribution in [2.45, 2.75) is 64.6 Å². The minimum atomic E-state index is -1.28. The van der Waals surface area contributed by atoms with Gasteiger partial charge in [-0.05, 0) is 36.4 Å². The van der Waals surface area contributed by atoms with E-state index in [0.717, 1.165) is 0 Å². The van der Waals surface area contributed by atoms with Gasteiger partial charge in [0.2, 0.25) is 0 Å². The summed E-state index contributed by atoms with van der Waals surface area (Å²) in [6.45, 7) is 13.2. The van der Waals surface area contributed by atoms with Crippen molar-refractivity contribution in [1.29, 1.82) is 0 Å². The van der Waals surface area contributed by atoms with Gasteiger partial charge >= 0.3 is 0 Å². The average Bonchev–Trinajstić information content (AvgIpc) is 2.33. The Balaban J connectivity index is 2.12. The molecule has 0 bridgehead atoms. The van der Waals surface area contributed by atoms with Crippen LogP contribution in [0.25, 0.3) is 0 Å². The molecule has 0 saturated carbocycles. The Hall–Kier alpha value is -0.603. The molecule has 0 fully saturated rings. The Kier molecular flexibility index (Phi) is 6.28. The molecule has 0 radical (unpaired) electrons. The second-order valence-electron chi connectivity index (χ2n) is 7.10. The Morgan fingerprint density at radius 3 is 2.16 bits per heavy atom. The van der Waals surface area contributed by atoms with Gasteiger partial charge in [0.1, 0.15) is 8.24 Å². The van der Waals surface area contributed by atoms with Gasteiger partial charge in [-0.2, -0.15) is 0 Å². The summed E-state index contributed by atoms with van der Waals surface area (Å²) in [5, 5.41) is 0.442. The van der Waals surface area contributed by atoms with Crippen molar-refractivity contribution in [2.24, 2.45) is 0 Å². The minimum Gasteiger partial charge on any atom is -0.337 e. The second kappa shape index (κ2) is 7.25. The third kappa shape index (κ3) is 5.92. The van der Waals surface area contributed by atoms with Crippen LogP contribution in [-0.4, -0.2) is 14.8 Å². The number of rotatable bonds is 7. The maximum absolute atomic E-state index is 3.84. The van der Waals surface area contributed by atoms with E-state index in [-0.39, 0.29) is 0 Å². The van der Waals surface area contributed by atoms with Gasteiger partial charge in [0.15, 0.2) is 0 Å². The molecule has 19 heavy (non-hydrogen) atoms. The van der Waals surface area contributed by atoms with Crippen LogP contribution < -0.4 is 4.98 Å². The first-order chi connectivity index (χ1) is 8.83. The van der Waals surface area contributed by atoms with E-state index in [9.17, 15) is 0 Å². The van der Waals surface area contributed by atoms with Crippen molar-refractivity contribution >= 4 is 8.24 Å². The van der Waals surface area contributed by atoms with Crippen LogP contribution in [-0.2, 0) is 6.42 Å². The summed E-state index contributed by atoms with van der Waals surface area (Å²) >= 11 is 0. The number of hydrogen-bond donors (Lipinski definition) is 1. The standard InChI is InChI=1S/C17H31NSi/c1-17(2,3)19(4,5)18-15-11-7-10-14-16-12-8-6-9-13-16/h6,8-9,12-13,18H,7,10-11,14-15H2,1-5H3. The van der Waals surface area contributed by atoms with Crippen LogP contribution in [0.3, 0.4) is 0 Å². The number of unbranched alkanes of at least 4 members (excludes halogenated alkanes) is 2. The van der Waals surface area contributed by atoms with E-state index in [2.05, 4.69) is 69.2 Å². The van der Waals surface area contributed by atoms with Gasteiger partial charge < -0.3 is 4.98 Å². The molecular weight excluding hydrogens is 246 g/mol. The average molecular weight is 278 g/mol. The highest BCUT2D eigenvalue weighted by Crippen LogP contribution is 2.33. The Labute approximate surface area is 120 Å². The molecule has 0 aliphatic rings. The summed E-state index contributed by atoms with van der Waals surface area (Å²) in [5.41, 5.74) is 1.47. The largest absolute Gasteiger partial charge is 0.337 e. The van der Waals surface area contributed by atoms with Crippen LogP contribution in [0.15, 0.2) is 30.3 Å². The van der Waals surface area contributed by atoms with Gasteiger partial charge in [-0.15, -0.1) is 0 Å². The quantitative estimate of drug-likeness (QED) is 0.546. The van der Waals surface area contributed by atoms with Gasteiger partial charge in [-0.3, -0.25) is 0 Å². The van der Waals surface area contributed by atoms with E-state index in [1.165, 1.54) is 37.8 Å². The third-order valence-electron chi connectivity index (χ3n) is 4.43. The first-order valence-corrected chi connectivity index (χ1v) is 10.6. The molecule has 0 spiro atoms. The van der Waals surface area contributed by atoms with Crippen molar-refractivity contribution in [2.75, 3.05) is 6.54 Å². The number of nitrogens with one attached hydrogen (secondary N) is 1. The molecule has 0 atom stereocenters. The molecule has 2 heteroatoms. The van der Waals surface area contributed by atoms with Crippen molar-refractivity contribution in [3.63, 3.8) is 0 Å². The lowest BCUT2D eigenvalue weighted by Gasteiger charge is -2.37. The van der Waals surface area contributed by atoms with Crippen LogP contribution >= 0.6 is 0 Å². The predicted octanol–water partition coefficient (Wildman–Crippen LogP) is 4.99. The fourth-order valence-corrected chi connectivity index (χ4v) is 3.27. The molecule has 1 aromatic rings. The summed E-state index contributed by atoms with van der Waals surface area (Å²) in [5.74, 6) is 0. The van der Waals surface area contributed by atoms with Crippen molar-refractivity contribution in [3.8, 4) is 0 Å². The SMILES string of the molecule is CC(C)(C)[Si](C)(C)NCCCCCc1ccccc1. The van der Waals surface area contributed by atoms with Gasteiger partial charge in [0, 0.05) is 0 Å². The number of benzene rings is 1. The lowest BCUT2D eigenvalue weighted by molar-refractivity contribution is 0.636. The molecule has 1 rings (SSSR count). The summed E-state index contributed by atoms with van der Waals surface area (Å²) in [7, 11) is -1.28. The molecule has 0 aliphatic carbocycles. The zero-order valence-corrected chi connectivity index (χ0v) is 14.4. The van der Waals surface area contributed by atoms with Gasteiger partial charge in [-0.25, -0.2) is 0 Å². The first-order valence-electron chi connectivity index (χ1n) is 7.62. The highest BCUT2D eigenvalue weighted by molar-refractivity contribution is 6.77. The van der Waals surface area contributed by atoms with Crippen LogP contribution in [0.5, 0.6) is 0 Å². The van der Waals surface area contributed by atoms with Crippen molar-refractivity contribution in [3.05, 3.63) is 35.9 Å². The third-order valence-corrected chi connectivity index (χ3v) is 9.31. The molecule has 108 valence electrons. The molecular formula is C17H31NSi. The number of aryl methyl sites for hydroxylation is 1. The molecule has 1 N–H and O–H groups in total. The molecule has 0 saturated heterocycles. The first kappa shape index (κ1) is 16.5. The Bertz CT molecular complexity index is 351. The van der Waals surface area contributed by atoms with Gasteiger partial charge in [0.25, 0.3) is 0 Å². The lowest BCUT2D eigenvalue weighted by atomic mass is 10.1. The maximum Gasteiger partial charge on any atom is 0.124 e. The van der Waals surface area contributed by atoms with Crippen LogP contribution in [0, 0.1) is 0 Å². The van der Waals surface area contributed by atoms with E-state index < -0.39 is 8.24 Å². The zero-order chi connectivity index (χ0) is 14.4. The Morgan fingerprint density at radius 2 is 1.58 bits per heavy atom. The smallest absolute Gasteiger partial charge is 0.124 e. The summed E-state index contributed by atoms with van der Waals surface area (Å²) in [6.07, 6.45) is 5.17. The second-order valence-corrected chi connectivity index (χ2v) is 12.2. The molecule has 0 aliphatic heterocycles. The van der Waals surface area contributed by atoms with E-state index in [0.29, 0.717) is 5.04 Å². The van der Waals surface area contributed by atoms with Crippen LogP contribution in [0.1, 0.15) is 45.6 Å². The predicted molar refractivity (Wildman–Crippen MR) is 89.2 cm³/mol. The summed E-state index contributed by atoms with van der Waals surface area (Å²) in [4.78, 5) is 3.84. The van der Waals surface area contributed by atoms with Gasteiger partial charge in [-0.1, -0.05) is 70.6 Å². The van der Waals surface area contributed by atoms with E-state index >= 15 is 0 Å². The zero-order valence-electron chi connectivity index (χ0n) is 13.4. The van der Waals surface area contributed by atoms with E-state index in [1.54, 1.807) is 0 Å². The van der Waals surface area contributed by atoms with Crippen molar-refractivity contribution in [1.82, 2.24) is 4.98 Å². The number of hydrogen-bond acceptors (Lipinski definition) is 1. The van der Waals surface area contributed by atoms with Crippen molar-refractivity contribution < 1.29 is 0 Å². The lowest BCUT2D eigenvalue weighted by Crippen LogP contribution is -2.52. The molecule has 0 amide bonds. The highest BCUT2D eigenvalue weighted by atomic mass is 28.3. The Morgan fingerprint density at radius 1 is 0.947 bits per heavy atom.